The van der Waals surface area contributed by atoms with E-state index < -0.39 is 12.1 Å². The molecule has 1 atom stereocenters. The summed E-state index contributed by atoms with van der Waals surface area (Å²) in [4.78, 5) is 16.4. The predicted octanol–water partition coefficient (Wildman–Crippen LogP) is 2.45. The number of rotatable bonds is 2. The molecule has 2 heterocycles. The highest BCUT2D eigenvalue weighted by molar-refractivity contribution is 5.77. The number of carbonyl (C=O) groups is 1. The second-order valence-electron chi connectivity index (χ2n) is 4.77. The van der Waals surface area contributed by atoms with Crippen LogP contribution in [0, 0.1) is 0 Å². The third-order valence-corrected chi connectivity index (χ3v) is 3.31. The van der Waals surface area contributed by atoms with E-state index in [1.807, 2.05) is 0 Å². The summed E-state index contributed by atoms with van der Waals surface area (Å²) in [7, 11) is 1.55. The Bertz CT molecular complexity index is 696. The van der Waals surface area contributed by atoms with Gasteiger partial charge in [0.1, 0.15) is 0 Å². The fraction of sp³-hybridized carbons (Fsp3) is 0.308. The molecule has 1 unspecified atom stereocenters. The van der Waals surface area contributed by atoms with Gasteiger partial charge in [-0.05, 0) is 5.56 Å². The first-order valence-electron chi connectivity index (χ1n) is 6.39. The second kappa shape index (κ2) is 5.00. The monoisotopic (exact) mass is 312 g/mol. The second-order valence-corrected chi connectivity index (χ2v) is 4.77. The smallest absolute Gasteiger partial charge is 0.341 e. The zero-order chi connectivity index (χ0) is 15.9. The van der Waals surface area contributed by atoms with Crippen LogP contribution in [0.15, 0.2) is 28.8 Å². The highest BCUT2D eigenvalue weighted by atomic mass is 19.4. The maximum Gasteiger partial charge on any atom is 0.471 e. The van der Waals surface area contributed by atoms with Crippen LogP contribution in [0.25, 0.3) is 11.4 Å². The lowest BCUT2D eigenvalue weighted by Gasteiger charge is -2.03. The van der Waals surface area contributed by atoms with E-state index in [0.717, 1.165) is 5.56 Å². The summed E-state index contributed by atoms with van der Waals surface area (Å²) in [5.74, 6) is -1.50. The SMILES string of the molecule is CNC(=O)N1CC1c1ccc(-c2noc(C(F)(F)F)n2)cc1. The van der Waals surface area contributed by atoms with Gasteiger partial charge in [0, 0.05) is 19.2 Å². The molecule has 1 aliphatic heterocycles. The van der Waals surface area contributed by atoms with Crippen LogP contribution in [0.1, 0.15) is 17.5 Å². The number of nitrogens with zero attached hydrogens (tertiary/aromatic N) is 3. The lowest BCUT2D eigenvalue weighted by atomic mass is 10.1. The molecule has 116 valence electrons. The number of alkyl halides is 3. The summed E-state index contributed by atoms with van der Waals surface area (Å²) in [5, 5.41) is 5.85. The largest absolute Gasteiger partial charge is 0.471 e. The first kappa shape index (κ1) is 14.4. The van der Waals surface area contributed by atoms with Gasteiger partial charge in [-0.2, -0.15) is 18.2 Å². The van der Waals surface area contributed by atoms with Gasteiger partial charge in [0.25, 0.3) is 0 Å². The molecule has 3 rings (SSSR count). The summed E-state index contributed by atoms with van der Waals surface area (Å²) in [5.41, 5.74) is 1.31. The third kappa shape index (κ3) is 2.61. The van der Waals surface area contributed by atoms with Crippen LogP contribution < -0.4 is 5.32 Å². The van der Waals surface area contributed by atoms with Crippen molar-refractivity contribution < 1.29 is 22.5 Å². The summed E-state index contributed by atoms with van der Waals surface area (Å²) in [6, 6.07) is 6.48. The normalized spacial score (nSPS) is 17.5. The average molecular weight is 312 g/mol. The highest BCUT2D eigenvalue weighted by Gasteiger charge is 2.40. The van der Waals surface area contributed by atoms with Crippen molar-refractivity contribution in [1.29, 1.82) is 0 Å². The van der Waals surface area contributed by atoms with Crippen LogP contribution in [0.2, 0.25) is 0 Å². The summed E-state index contributed by atoms with van der Waals surface area (Å²) in [6.45, 7) is 0.611. The van der Waals surface area contributed by atoms with Crippen molar-refractivity contribution in [2.24, 2.45) is 0 Å². The Morgan fingerprint density at radius 1 is 1.36 bits per heavy atom. The summed E-state index contributed by atoms with van der Waals surface area (Å²) in [6.07, 6.45) is -4.66. The van der Waals surface area contributed by atoms with Gasteiger partial charge in [-0.25, -0.2) is 4.79 Å². The molecule has 6 nitrogen and oxygen atoms in total. The molecule has 1 N–H and O–H groups in total. The summed E-state index contributed by atoms with van der Waals surface area (Å²) < 4.78 is 41.4. The average Bonchev–Trinajstić information content (AvgIpc) is 3.12. The standard InChI is InChI=1S/C13H11F3N4O2/c1-17-12(21)20-6-9(20)7-2-4-8(5-3-7)10-18-11(22-19-10)13(14,15)16/h2-5,9H,6H2,1H3,(H,17,21). The third-order valence-electron chi connectivity index (χ3n) is 3.31. The Labute approximate surface area is 122 Å². The quantitative estimate of drug-likeness (QED) is 0.865. The van der Waals surface area contributed by atoms with E-state index in [9.17, 15) is 18.0 Å². The molecule has 2 amide bonds. The van der Waals surface area contributed by atoms with E-state index in [2.05, 4.69) is 20.0 Å². The molecule has 1 saturated heterocycles. The Morgan fingerprint density at radius 2 is 2.05 bits per heavy atom. The molecule has 9 heteroatoms. The van der Waals surface area contributed by atoms with Gasteiger partial charge in [-0.3, -0.25) is 0 Å². The van der Waals surface area contributed by atoms with Gasteiger partial charge in [-0.15, -0.1) is 0 Å². The molecule has 1 aromatic carbocycles. The number of carbonyl (C=O) groups excluding carboxylic acids is 1. The van der Waals surface area contributed by atoms with Gasteiger partial charge < -0.3 is 14.7 Å². The zero-order valence-electron chi connectivity index (χ0n) is 11.4. The Morgan fingerprint density at radius 3 is 2.59 bits per heavy atom. The van der Waals surface area contributed by atoms with Crippen molar-refractivity contribution in [3.8, 4) is 11.4 Å². The van der Waals surface area contributed by atoms with Crippen LogP contribution in [-0.4, -0.2) is 34.7 Å². The van der Waals surface area contributed by atoms with E-state index in [4.69, 9.17) is 0 Å². The maximum absolute atomic E-state index is 12.4. The molecular formula is C13H11F3N4O2. The topological polar surface area (TPSA) is 71.0 Å². The van der Waals surface area contributed by atoms with Crippen LogP contribution in [0.5, 0.6) is 0 Å². The number of amides is 2. The van der Waals surface area contributed by atoms with E-state index in [1.165, 1.54) is 0 Å². The molecular weight excluding hydrogens is 301 g/mol. The van der Waals surface area contributed by atoms with Crippen LogP contribution in [-0.2, 0) is 6.18 Å². The van der Waals surface area contributed by atoms with Gasteiger partial charge in [0.15, 0.2) is 0 Å². The van der Waals surface area contributed by atoms with Crippen LogP contribution in [0.3, 0.4) is 0 Å². The van der Waals surface area contributed by atoms with Gasteiger partial charge in [0.2, 0.25) is 5.82 Å². The lowest BCUT2D eigenvalue weighted by Crippen LogP contribution is -2.24. The van der Waals surface area contributed by atoms with Crippen molar-refractivity contribution in [2.75, 3.05) is 13.6 Å². The highest BCUT2D eigenvalue weighted by Crippen LogP contribution is 2.35. The van der Waals surface area contributed by atoms with E-state index >= 15 is 0 Å². The molecule has 1 aromatic heterocycles. The maximum atomic E-state index is 12.4. The molecule has 0 bridgehead atoms. The lowest BCUT2D eigenvalue weighted by molar-refractivity contribution is -0.159. The number of halogens is 3. The molecule has 0 radical (unpaired) electrons. The fourth-order valence-corrected chi connectivity index (χ4v) is 2.10. The van der Waals surface area contributed by atoms with E-state index in [1.54, 1.807) is 36.2 Å². The van der Waals surface area contributed by atoms with Crippen molar-refractivity contribution >= 4 is 6.03 Å². The Hall–Kier alpha value is -2.58. The Kier molecular flexibility index (Phi) is 3.27. The molecule has 1 fully saturated rings. The number of nitrogens with one attached hydrogen (secondary N) is 1. The number of aromatic nitrogens is 2. The minimum absolute atomic E-state index is 0.00926. The van der Waals surface area contributed by atoms with Gasteiger partial charge in [-0.1, -0.05) is 29.4 Å². The molecule has 2 aromatic rings. The van der Waals surface area contributed by atoms with Crippen molar-refractivity contribution in [3.63, 3.8) is 0 Å². The first-order chi connectivity index (χ1) is 10.4. The van der Waals surface area contributed by atoms with Crippen molar-refractivity contribution in [3.05, 3.63) is 35.7 Å². The minimum Gasteiger partial charge on any atom is -0.341 e. The number of hydrogen-bond donors (Lipinski definition) is 1. The van der Waals surface area contributed by atoms with Gasteiger partial charge >= 0.3 is 18.1 Å². The van der Waals surface area contributed by atoms with Crippen LogP contribution >= 0.6 is 0 Å². The van der Waals surface area contributed by atoms with Crippen LogP contribution in [0.4, 0.5) is 18.0 Å². The fourth-order valence-electron chi connectivity index (χ4n) is 2.10. The molecule has 0 spiro atoms. The summed E-state index contributed by atoms with van der Waals surface area (Å²) >= 11 is 0. The number of benzene rings is 1. The first-order valence-corrected chi connectivity index (χ1v) is 6.39. The molecule has 1 aliphatic rings. The number of urea groups is 1. The van der Waals surface area contributed by atoms with Crippen molar-refractivity contribution in [1.82, 2.24) is 20.4 Å². The number of hydrogen-bond acceptors (Lipinski definition) is 4. The van der Waals surface area contributed by atoms with Crippen molar-refractivity contribution in [2.45, 2.75) is 12.2 Å². The molecule has 0 saturated carbocycles. The van der Waals surface area contributed by atoms with E-state index in [0.29, 0.717) is 12.1 Å². The van der Waals surface area contributed by atoms with E-state index in [-0.39, 0.29) is 17.9 Å². The molecule has 0 aliphatic carbocycles. The molecule has 22 heavy (non-hydrogen) atoms. The Balaban J connectivity index is 1.75. The predicted molar refractivity (Wildman–Crippen MR) is 68.6 cm³/mol. The van der Waals surface area contributed by atoms with Gasteiger partial charge in [0.05, 0.1) is 6.04 Å². The minimum atomic E-state index is -4.66. The zero-order valence-corrected chi connectivity index (χ0v) is 11.4.